The summed E-state index contributed by atoms with van der Waals surface area (Å²) in [4.78, 5) is 24.0. The maximum absolute atomic E-state index is 11.8. The lowest BCUT2D eigenvalue weighted by Gasteiger charge is -2.26. The Morgan fingerprint density at radius 3 is 2.06 bits per heavy atom. The second-order valence-electron chi connectivity index (χ2n) is 4.09. The first-order valence-corrected chi connectivity index (χ1v) is 5.97. The molecule has 7 heteroatoms. The topological polar surface area (TPSA) is 110 Å². The van der Waals surface area contributed by atoms with E-state index in [0.29, 0.717) is 6.42 Å². The van der Waals surface area contributed by atoms with E-state index in [9.17, 15) is 9.59 Å². The van der Waals surface area contributed by atoms with Crippen LogP contribution in [-0.2, 0) is 4.79 Å². The average Bonchev–Trinajstić information content (AvgIpc) is 2.34. The summed E-state index contributed by atoms with van der Waals surface area (Å²) in [6.45, 7) is 3.20. The van der Waals surface area contributed by atoms with Gasteiger partial charge in [-0.1, -0.05) is 20.3 Å². The second-order valence-corrected chi connectivity index (χ2v) is 4.09. The largest absolute Gasteiger partial charge is 0.480 e. The van der Waals surface area contributed by atoms with Gasteiger partial charge in [-0.05, 0) is 5.92 Å². The average molecular weight is 262 g/mol. The van der Waals surface area contributed by atoms with Crippen molar-refractivity contribution in [2.75, 3.05) is 26.3 Å². The molecule has 2 amide bonds. The first-order chi connectivity index (χ1) is 8.47. The first kappa shape index (κ1) is 16.7. The Morgan fingerprint density at radius 2 is 1.72 bits per heavy atom. The smallest absolute Gasteiger partial charge is 0.326 e. The van der Waals surface area contributed by atoms with Crippen molar-refractivity contribution in [2.45, 2.75) is 26.3 Å². The fourth-order valence-corrected chi connectivity index (χ4v) is 1.46. The van der Waals surface area contributed by atoms with E-state index in [0.717, 1.165) is 0 Å². The highest BCUT2D eigenvalue weighted by Crippen LogP contribution is 2.08. The number of hydrogen-bond donors (Lipinski definition) is 4. The van der Waals surface area contributed by atoms with E-state index in [1.165, 1.54) is 4.90 Å². The van der Waals surface area contributed by atoms with Crippen molar-refractivity contribution in [1.82, 2.24) is 10.2 Å². The standard InChI is InChI=1S/C11H22N2O5/c1-3-8(2)9(10(16)17)12-11(18)13(4-6-14)5-7-15/h8-9,14-15H,3-7H2,1-2H3,(H,12,18)(H,16,17)/t8?,9-/m0/s1. The number of carbonyl (C=O) groups excluding carboxylic acids is 1. The Kier molecular flexibility index (Phi) is 8.06. The van der Waals surface area contributed by atoms with Crippen LogP contribution < -0.4 is 5.32 Å². The number of aliphatic hydroxyl groups excluding tert-OH is 2. The second kappa shape index (κ2) is 8.71. The summed E-state index contributed by atoms with van der Waals surface area (Å²) in [6, 6.07) is -1.56. The van der Waals surface area contributed by atoms with Crippen molar-refractivity contribution in [1.29, 1.82) is 0 Å². The van der Waals surface area contributed by atoms with Crippen LogP contribution in [0.2, 0.25) is 0 Å². The van der Waals surface area contributed by atoms with Gasteiger partial charge in [-0.3, -0.25) is 0 Å². The monoisotopic (exact) mass is 262 g/mol. The maximum Gasteiger partial charge on any atom is 0.326 e. The molecule has 1 unspecified atom stereocenters. The molecule has 0 aromatic heterocycles. The maximum atomic E-state index is 11.8. The molecule has 0 fully saturated rings. The lowest BCUT2D eigenvalue weighted by atomic mass is 9.99. The van der Waals surface area contributed by atoms with Gasteiger partial charge in [0.2, 0.25) is 0 Å². The van der Waals surface area contributed by atoms with Crippen molar-refractivity contribution >= 4 is 12.0 Å². The van der Waals surface area contributed by atoms with E-state index in [1.807, 2.05) is 6.92 Å². The van der Waals surface area contributed by atoms with Crippen molar-refractivity contribution < 1.29 is 24.9 Å². The number of nitrogens with one attached hydrogen (secondary N) is 1. The van der Waals surface area contributed by atoms with Gasteiger partial charge >= 0.3 is 12.0 Å². The number of hydrogen-bond acceptors (Lipinski definition) is 4. The molecule has 0 radical (unpaired) electrons. The summed E-state index contributed by atoms with van der Waals surface area (Å²) in [5.41, 5.74) is 0. The molecule has 0 aromatic carbocycles. The molecule has 106 valence electrons. The number of amides is 2. The number of aliphatic hydroxyl groups is 2. The SMILES string of the molecule is CCC(C)[C@H](NC(=O)N(CCO)CCO)C(=O)O. The van der Waals surface area contributed by atoms with Crippen LogP contribution in [0.4, 0.5) is 4.79 Å². The van der Waals surface area contributed by atoms with Crippen LogP contribution in [0, 0.1) is 5.92 Å². The van der Waals surface area contributed by atoms with Crippen LogP contribution in [0.3, 0.4) is 0 Å². The molecule has 0 rings (SSSR count). The Bertz CT molecular complexity index is 266. The van der Waals surface area contributed by atoms with Gasteiger partial charge in [0.25, 0.3) is 0 Å². The van der Waals surface area contributed by atoms with Gasteiger partial charge in [-0.15, -0.1) is 0 Å². The first-order valence-electron chi connectivity index (χ1n) is 5.97. The van der Waals surface area contributed by atoms with Gasteiger partial charge in [-0.2, -0.15) is 0 Å². The summed E-state index contributed by atoms with van der Waals surface area (Å²) in [6.07, 6.45) is 0.622. The third kappa shape index (κ3) is 5.33. The summed E-state index contributed by atoms with van der Waals surface area (Å²) in [7, 11) is 0. The van der Waals surface area contributed by atoms with Crippen molar-refractivity contribution in [3.8, 4) is 0 Å². The number of carboxylic acid groups (broad SMARTS) is 1. The van der Waals surface area contributed by atoms with E-state index in [1.54, 1.807) is 6.92 Å². The van der Waals surface area contributed by atoms with Crippen molar-refractivity contribution in [3.63, 3.8) is 0 Å². The lowest BCUT2D eigenvalue weighted by molar-refractivity contribution is -0.140. The molecule has 0 bridgehead atoms. The number of carboxylic acids is 1. The molecule has 0 heterocycles. The molecule has 0 aliphatic carbocycles. The third-order valence-corrected chi connectivity index (χ3v) is 2.79. The minimum absolute atomic E-state index is 0.0548. The minimum atomic E-state index is -1.09. The van der Waals surface area contributed by atoms with Gasteiger partial charge in [0.15, 0.2) is 0 Å². The molecule has 0 aromatic rings. The highest BCUT2D eigenvalue weighted by Gasteiger charge is 2.27. The Morgan fingerprint density at radius 1 is 1.22 bits per heavy atom. The van der Waals surface area contributed by atoms with E-state index in [-0.39, 0.29) is 32.2 Å². The summed E-state index contributed by atoms with van der Waals surface area (Å²) >= 11 is 0. The zero-order valence-electron chi connectivity index (χ0n) is 10.8. The van der Waals surface area contributed by atoms with Crippen molar-refractivity contribution in [3.05, 3.63) is 0 Å². The van der Waals surface area contributed by atoms with E-state index >= 15 is 0 Å². The molecule has 0 aliphatic heterocycles. The molecule has 0 aliphatic rings. The zero-order chi connectivity index (χ0) is 14.1. The predicted octanol–water partition coefficient (Wildman–Crippen LogP) is -0.518. The van der Waals surface area contributed by atoms with E-state index in [4.69, 9.17) is 15.3 Å². The number of aliphatic carboxylic acids is 1. The van der Waals surface area contributed by atoms with E-state index in [2.05, 4.69) is 5.32 Å². The van der Waals surface area contributed by atoms with Crippen molar-refractivity contribution in [2.24, 2.45) is 5.92 Å². The number of nitrogens with zero attached hydrogens (tertiary/aromatic N) is 1. The Balaban J connectivity index is 4.59. The summed E-state index contributed by atoms with van der Waals surface area (Å²) in [5.74, 6) is -1.29. The van der Waals surface area contributed by atoms with Gasteiger partial charge in [-0.25, -0.2) is 9.59 Å². The summed E-state index contributed by atoms with van der Waals surface area (Å²) in [5, 5.41) is 29.0. The molecule has 0 saturated heterocycles. The van der Waals surface area contributed by atoms with Gasteiger partial charge < -0.3 is 25.5 Å². The van der Waals surface area contributed by atoms with E-state index < -0.39 is 18.0 Å². The molecule has 0 saturated carbocycles. The Labute approximate surface area is 106 Å². The molecule has 0 spiro atoms. The van der Waals surface area contributed by atoms with Crippen LogP contribution >= 0.6 is 0 Å². The molecular formula is C11H22N2O5. The van der Waals surface area contributed by atoms with Crippen LogP contribution in [0.1, 0.15) is 20.3 Å². The normalized spacial score (nSPS) is 13.8. The minimum Gasteiger partial charge on any atom is -0.480 e. The number of carbonyl (C=O) groups is 2. The highest BCUT2D eigenvalue weighted by molar-refractivity contribution is 5.82. The van der Waals surface area contributed by atoms with Gasteiger partial charge in [0, 0.05) is 13.1 Å². The van der Waals surface area contributed by atoms with Crippen LogP contribution in [0.5, 0.6) is 0 Å². The lowest BCUT2D eigenvalue weighted by Crippen LogP contribution is -2.51. The van der Waals surface area contributed by atoms with Crippen LogP contribution in [-0.4, -0.2) is 64.6 Å². The van der Waals surface area contributed by atoms with Gasteiger partial charge in [0.1, 0.15) is 6.04 Å². The molecular weight excluding hydrogens is 240 g/mol. The zero-order valence-corrected chi connectivity index (χ0v) is 10.8. The number of urea groups is 1. The predicted molar refractivity (Wildman–Crippen MR) is 65.2 cm³/mol. The van der Waals surface area contributed by atoms with Crippen LogP contribution in [0.15, 0.2) is 0 Å². The quantitative estimate of drug-likeness (QED) is 0.470. The molecule has 18 heavy (non-hydrogen) atoms. The molecule has 7 nitrogen and oxygen atoms in total. The fraction of sp³-hybridized carbons (Fsp3) is 0.818. The van der Waals surface area contributed by atoms with Gasteiger partial charge in [0.05, 0.1) is 13.2 Å². The highest BCUT2D eigenvalue weighted by atomic mass is 16.4. The third-order valence-electron chi connectivity index (χ3n) is 2.79. The Hall–Kier alpha value is -1.34. The molecule has 2 atom stereocenters. The summed E-state index contributed by atoms with van der Waals surface area (Å²) < 4.78 is 0. The van der Waals surface area contributed by atoms with Crippen LogP contribution in [0.25, 0.3) is 0 Å². The molecule has 4 N–H and O–H groups in total. The fourth-order valence-electron chi connectivity index (χ4n) is 1.46. The number of rotatable bonds is 8.